The van der Waals surface area contributed by atoms with Crippen LogP contribution in [-0.4, -0.2) is 37.0 Å². The van der Waals surface area contributed by atoms with E-state index < -0.39 is 0 Å². The minimum Gasteiger partial charge on any atom is -0.352 e. The van der Waals surface area contributed by atoms with Crippen LogP contribution in [0.3, 0.4) is 0 Å². The van der Waals surface area contributed by atoms with E-state index in [1.54, 1.807) is 29.2 Å². The van der Waals surface area contributed by atoms with Crippen molar-refractivity contribution in [2.24, 2.45) is 5.92 Å². The summed E-state index contributed by atoms with van der Waals surface area (Å²) in [5.41, 5.74) is 1.20. The number of anilines is 1. The van der Waals surface area contributed by atoms with Crippen LogP contribution in [0.4, 0.5) is 10.5 Å². The molecule has 0 heterocycles. The summed E-state index contributed by atoms with van der Waals surface area (Å²) in [7, 11) is 1.82. The first kappa shape index (κ1) is 16.3. The fourth-order valence-electron chi connectivity index (χ4n) is 2.88. The molecule has 2 N–H and O–H groups in total. The number of urea groups is 1. The summed E-state index contributed by atoms with van der Waals surface area (Å²) >= 11 is 0. The summed E-state index contributed by atoms with van der Waals surface area (Å²) in [6.07, 6.45) is 4.97. The topological polar surface area (TPSA) is 61.4 Å². The fraction of sp³-hybridized carbons (Fsp3) is 0.529. The first-order valence-corrected chi connectivity index (χ1v) is 8.00. The Labute approximate surface area is 132 Å². The van der Waals surface area contributed by atoms with Crippen LogP contribution in [-0.2, 0) is 0 Å². The lowest BCUT2D eigenvalue weighted by Gasteiger charge is -2.21. The van der Waals surface area contributed by atoms with Gasteiger partial charge in [0.1, 0.15) is 0 Å². The van der Waals surface area contributed by atoms with Gasteiger partial charge in [-0.25, -0.2) is 4.79 Å². The van der Waals surface area contributed by atoms with Gasteiger partial charge in [-0.05, 0) is 43.9 Å². The Bertz CT molecular complexity index is 524. The second-order valence-corrected chi connectivity index (χ2v) is 5.90. The molecule has 2 rings (SSSR count). The summed E-state index contributed by atoms with van der Waals surface area (Å²) in [4.78, 5) is 25.8. The van der Waals surface area contributed by atoms with Crippen molar-refractivity contribution >= 4 is 17.6 Å². The summed E-state index contributed by atoms with van der Waals surface area (Å²) in [6.45, 7) is 3.25. The van der Waals surface area contributed by atoms with Gasteiger partial charge in [-0.15, -0.1) is 0 Å². The summed E-state index contributed by atoms with van der Waals surface area (Å²) in [5.74, 6) is 0.496. The van der Waals surface area contributed by atoms with Crippen LogP contribution in [0.15, 0.2) is 24.3 Å². The van der Waals surface area contributed by atoms with Crippen LogP contribution in [0, 0.1) is 5.92 Å². The maximum atomic E-state index is 12.2. The number of carbonyl (C=O) groups is 2. The van der Waals surface area contributed by atoms with Gasteiger partial charge in [0, 0.05) is 31.4 Å². The van der Waals surface area contributed by atoms with Crippen molar-refractivity contribution in [3.63, 3.8) is 0 Å². The molecule has 1 saturated carbocycles. The second kappa shape index (κ2) is 7.82. The van der Waals surface area contributed by atoms with E-state index in [4.69, 9.17) is 0 Å². The van der Waals surface area contributed by atoms with Crippen LogP contribution >= 0.6 is 0 Å². The SMILES string of the molecule is CCNC(=O)c1cccc(NC(=O)N(C)CC2CCCC2)c1. The molecule has 1 fully saturated rings. The summed E-state index contributed by atoms with van der Waals surface area (Å²) in [5, 5.41) is 5.61. The molecule has 5 heteroatoms. The van der Waals surface area contributed by atoms with Gasteiger partial charge in [0.25, 0.3) is 5.91 Å². The molecule has 120 valence electrons. The third-order valence-electron chi connectivity index (χ3n) is 4.07. The van der Waals surface area contributed by atoms with Gasteiger partial charge in [-0.2, -0.15) is 0 Å². The normalized spacial score (nSPS) is 14.6. The van der Waals surface area contributed by atoms with Gasteiger partial charge in [0.05, 0.1) is 0 Å². The molecular weight excluding hydrogens is 278 g/mol. The van der Waals surface area contributed by atoms with Crippen molar-refractivity contribution in [3.8, 4) is 0 Å². The molecule has 1 aromatic rings. The summed E-state index contributed by atoms with van der Waals surface area (Å²) < 4.78 is 0. The second-order valence-electron chi connectivity index (χ2n) is 5.90. The molecule has 5 nitrogen and oxygen atoms in total. The summed E-state index contributed by atoms with van der Waals surface area (Å²) in [6, 6.07) is 6.89. The predicted octanol–water partition coefficient (Wildman–Crippen LogP) is 3.09. The molecule has 0 radical (unpaired) electrons. The molecule has 22 heavy (non-hydrogen) atoms. The highest BCUT2D eigenvalue weighted by atomic mass is 16.2. The number of hydrogen-bond acceptors (Lipinski definition) is 2. The first-order valence-electron chi connectivity index (χ1n) is 8.00. The lowest BCUT2D eigenvalue weighted by molar-refractivity contribution is 0.0956. The molecule has 0 aliphatic heterocycles. The van der Waals surface area contributed by atoms with E-state index in [1.807, 2.05) is 14.0 Å². The van der Waals surface area contributed by atoms with Crippen molar-refractivity contribution in [2.75, 3.05) is 25.5 Å². The average Bonchev–Trinajstić information content (AvgIpc) is 3.00. The van der Waals surface area contributed by atoms with E-state index >= 15 is 0 Å². The number of rotatable bonds is 5. The first-order chi connectivity index (χ1) is 10.6. The standard InChI is InChI=1S/C17H25N3O2/c1-3-18-16(21)14-9-6-10-15(11-14)19-17(22)20(2)12-13-7-4-5-8-13/h6,9-11,13H,3-5,7-8,12H2,1-2H3,(H,18,21)(H,19,22). The molecule has 3 amide bonds. The molecule has 1 aromatic carbocycles. The predicted molar refractivity (Wildman–Crippen MR) is 88.1 cm³/mol. The number of nitrogens with zero attached hydrogens (tertiary/aromatic N) is 1. The minimum atomic E-state index is -0.127. The third-order valence-corrected chi connectivity index (χ3v) is 4.07. The van der Waals surface area contributed by atoms with Gasteiger partial charge in [-0.1, -0.05) is 18.9 Å². The quantitative estimate of drug-likeness (QED) is 0.878. The number of hydrogen-bond donors (Lipinski definition) is 2. The molecule has 1 aliphatic rings. The van der Waals surface area contributed by atoms with Gasteiger partial charge < -0.3 is 15.5 Å². The highest BCUT2D eigenvalue weighted by Crippen LogP contribution is 2.25. The maximum absolute atomic E-state index is 12.2. The van der Waals surface area contributed by atoms with Crippen molar-refractivity contribution in [3.05, 3.63) is 29.8 Å². The average molecular weight is 303 g/mol. The molecule has 0 saturated heterocycles. The van der Waals surface area contributed by atoms with E-state index in [-0.39, 0.29) is 11.9 Å². The van der Waals surface area contributed by atoms with Crippen LogP contribution in [0.5, 0.6) is 0 Å². The van der Waals surface area contributed by atoms with E-state index in [0.29, 0.717) is 23.7 Å². The molecule has 0 unspecified atom stereocenters. The Balaban J connectivity index is 1.92. The van der Waals surface area contributed by atoms with Crippen LogP contribution < -0.4 is 10.6 Å². The van der Waals surface area contributed by atoms with E-state index in [1.165, 1.54) is 25.7 Å². The Morgan fingerprint density at radius 2 is 2.00 bits per heavy atom. The van der Waals surface area contributed by atoms with Gasteiger partial charge in [-0.3, -0.25) is 4.79 Å². The van der Waals surface area contributed by atoms with Crippen LogP contribution in [0.25, 0.3) is 0 Å². The molecule has 0 bridgehead atoms. The Hall–Kier alpha value is -2.04. The molecule has 1 aliphatic carbocycles. The molecule has 0 atom stereocenters. The fourth-order valence-corrected chi connectivity index (χ4v) is 2.88. The molecule has 0 spiro atoms. The van der Waals surface area contributed by atoms with Gasteiger partial charge in [0.15, 0.2) is 0 Å². The van der Waals surface area contributed by atoms with Crippen LogP contribution in [0.2, 0.25) is 0 Å². The number of amides is 3. The Morgan fingerprint density at radius 3 is 2.68 bits per heavy atom. The minimum absolute atomic E-state index is 0.125. The maximum Gasteiger partial charge on any atom is 0.321 e. The van der Waals surface area contributed by atoms with Crippen molar-refractivity contribution < 1.29 is 9.59 Å². The zero-order chi connectivity index (χ0) is 15.9. The zero-order valence-electron chi connectivity index (χ0n) is 13.4. The van der Waals surface area contributed by atoms with E-state index in [2.05, 4.69) is 10.6 Å². The van der Waals surface area contributed by atoms with E-state index in [0.717, 1.165) is 6.54 Å². The highest BCUT2D eigenvalue weighted by molar-refractivity contribution is 5.96. The van der Waals surface area contributed by atoms with E-state index in [9.17, 15) is 9.59 Å². The number of carbonyl (C=O) groups excluding carboxylic acids is 2. The Kier molecular flexibility index (Phi) is 5.81. The highest BCUT2D eigenvalue weighted by Gasteiger charge is 2.19. The largest absolute Gasteiger partial charge is 0.352 e. The lowest BCUT2D eigenvalue weighted by atomic mass is 10.1. The monoisotopic (exact) mass is 303 g/mol. The van der Waals surface area contributed by atoms with Gasteiger partial charge in [0.2, 0.25) is 0 Å². The lowest BCUT2D eigenvalue weighted by Crippen LogP contribution is -2.34. The number of nitrogens with one attached hydrogen (secondary N) is 2. The molecule has 0 aromatic heterocycles. The zero-order valence-corrected chi connectivity index (χ0v) is 13.4. The third kappa shape index (κ3) is 4.48. The smallest absolute Gasteiger partial charge is 0.321 e. The van der Waals surface area contributed by atoms with Crippen molar-refractivity contribution in [1.82, 2.24) is 10.2 Å². The number of benzene rings is 1. The van der Waals surface area contributed by atoms with Crippen molar-refractivity contribution in [2.45, 2.75) is 32.6 Å². The Morgan fingerprint density at radius 1 is 1.27 bits per heavy atom. The van der Waals surface area contributed by atoms with Crippen LogP contribution in [0.1, 0.15) is 43.0 Å². The van der Waals surface area contributed by atoms with Gasteiger partial charge >= 0.3 is 6.03 Å². The molecular formula is C17H25N3O2. The van der Waals surface area contributed by atoms with Crippen molar-refractivity contribution in [1.29, 1.82) is 0 Å².